The van der Waals surface area contributed by atoms with Gasteiger partial charge in [-0.3, -0.25) is 4.79 Å². The first-order chi connectivity index (χ1) is 11.3. The monoisotopic (exact) mass is 311 g/mol. The Bertz CT molecular complexity index is 687. The average molecular weight is 311 g/mol. The molecule has 6 heteroatoms. The maximum atomic E-state index is 12.3. The van der Waals surface area contributed by atoms with Crippen LogP contribution in [0, 0.1) is 0 Å². The SMILES string of the molecule is CCCCC(=O)c1nc2c(c(Nc3ccccn3)n1)NCCC2. The second-order valence-corrected chi connectivity index (χ2v) is 5.61. The van der Waals surface area contributed by atoms with E-state index in [-0.39, 0.29) is 5.78 Å². The lowest BCUT2D eigenvalue weighted by Gasteiger charge is -2.21. The number of hydrogen-bond acceptors (Lipinski definition) is 6. The number of anilines is 3. The summed E-state index contributed by atoms with van der Waals surface area (Å²) in [6, 6.07) is 5.64. The molecule has 120 valence electrons. The van der Waals surface area contributed by atoms with Gasteiger partial charge in [0.15, 0.2) is 17.4 Å². The second-order valence-electron chi connectivity index (χ2n) is 5.61. The highest BCUT2D eigenvalue weighted by atomic mass is 16.1. The van der Waals surface area contributed by atoms with Crippen LogP contribution in [0.5, 0.6) is 0 Å². The van der Waals surface area contributed by atoms with Crippen LogP contribution in [0.1, 0.15) is 48.9 Å². The molecule has 2 aromatic rings. The van der Waals surface area contributed by atoms with E-state index >= 15 is 0 Å². The lowest BCUT2D eigenvalue weighted by atomic mass is 10.1. The van der Waals surface area contributed by atoms with Gasteiger partial charge in [-0.2, -0.15) is 0 Å². The zero-order chi connectivity index (χ0) is 16.1. The highest BCUT2D eigenvalue weighted by Gasteiger charge is 2.20. The number of nitrogens with one attached hydrogen (secondary N) is 2. The normalized spacial score (nSPS) is 13.1. The summed E-state index contributed by atoms with van der Waals surface area (Å²) in [6.45, 7) is 2.95. The van der Waals surface area contributed by atoms with Crippen molar-refractivity contribution in [3.63, 3.8) is 0 Å². The molecule has 1 aliphatic heterocycles. The Hall–Kier alpha value is -2.50. The van der Waals surface area contributed by atoms with Crippen LogP contribution in [0.4, 0.5) is 17.3 Å². The number of carbonyl (C=O) groups excluding carboxylic acids is 1. The van der Waals surface area contributed by atoms with Gasteiger partial charge in [0, 0.05) is 19.2 Å². The van der Waals surface area contributed by atoms with Crippen LogP contribution in [0.2, 0.25) is 0 Å². The fourth-order valence-corrected chi connectivity index (χ4v) is 2.57. The summed E-state index contributed by atoms with van der Waals surface area (Å²) in [5.41, 5.74) is 1.79. The fraction of sp³-hybridized carbons (Fsp3) is 0.412. The molecular weight excluding hydrogens is 290 g/mol. The Labute approximate surface area is 135 Å². The standard InChI is InChI=1S/C17H21N5O/c1-2-3-8-13(23)16-20-12-7-6-11-19-15(12)17(22-16)21-14-9-4-5-10-18-14/h4-5,9-10,19H,2-3,6-8,11H2,1H3,(H,18,20,21,22). The van der Waals surface area contributed by atoms with Crippen molar-refractivity contribution in [2.75, 3.05) is 17.2 Å². The van der Waals surface area contributed by atoms with E-state index in [1.807, 2.05) is 18.2 Å². The maximum absolute atomic E-state index is 12.3. The van der Waals surface area contributed by atoms with Gasteiger partial charge in [0.05, 0.1) is 11.4 Å². The molecule has 6 nitrogen and oxygen atoms in total. The molecule has 0 unspecified atom stereocenters. The van der Waals surface area contributed by atoms with Crippen molar-refractivity contribution in [1.29, 1.82) is 0 Å². The zero-order valence-corrected chi connectivity index (χ0v) is 13.3. The molecule has 2 aromatic heterocycles. The molecule has 0 atom stereocenters. The number of nitrogens with zero attached hydrogens (tertiary/aromatic N) is 3. The first-order valence-corrected chi connectivity index (χ1v) is 8.14. The van der Waals surface area contributed by atoms with E-state index < -0.39 is 0 Å². The average Bonchev–Trinajstić information content (AvgIpc) is 2.60. The molecule has 0 saturated heterocycles. The van der Waals surface area contributed by atoms with Gasteiger partial charge in [0.1, 0.15) is 5.82 Å². The Morgan fingerprint density at radius 2 is 2.26 bits per heavy atom. The smallest absolute Gasteiger partial charge is 0.200 e. The summed E-state index contributed by atoms with van der Waals surface area (Å²) >= 11 is 0. The number of Topliss-reactive ketones (excluding diaryl/α,β-unsaturated/α-hetero) is 1. The van der Waals surface area contributed by atoms with Crippen molar-refractivity contribution >= 4 is 23.1 Å². The Kier molecular flexibility index (Phi) is 4.80. The van der Waals surface area contributed by atoms with Gasteiger partial charge in [0.25, 0.3) is 0 Å². The summed E-state index contributed by atoms with van der Waals surface area (Å²) in [5, 5.41) is 6.54. The number of carbonyl (C=O) groups is 1. The van der Waals surface area contributed by atoms with E-state index in [4.69, 9.17) is 0 Å². The third-order valence-corrected chi connectivity index (χ3v) is 3.79. The van der Waals surface area contributed by atoms with Gasteiger partial charge >= 0.3 is 0 Å². The topological polar surface area (TPSA) is 79.8 Å². The molecule has 0 fully saturated rings. The van der Waals surface area contributed by atoms with Crippen molar-refractivity contribution in [2.45, 2.75) is 39.0 Å². The summed E-state index contributed by atoms with van der Waals surface area (Å²) in [7, 11) is 0. The largest absolute Gasteiger partial charge is 0.381 e. The quantitative estimate of drug-likeness (QED) is 0.796. The summed E-state index contributed by atoms with van der Waals surface area (Å²) in [4.78, 5) is 25.5. The van der Waals surface area contributed by atoms with Crippen molar-refractivity contribution in [3.8, 4) is 0 Å². The Morgan fingerprint density at radius 1 is 1.35 bits per heavy atom. The van der Waals surface area contributed by atoms with Crippen LogP contribution in [-0.2, 0) is 6.42 Å². The fourth-order valence-electron chi connectivity index (χ4n) is 2.57. The van der Waals surface area contributed by atoms with E-state index in [1.54, 1.807) is 6.20 Å². The lowest BCUT2D eigenvalue weighted by Crippen LogP contribution is -2.19. The van der Waals surface area contributed by atoms with Crippen molar-refractivity contribution in [2.24, 2.45) is 0 Å². The number of rotatable bonds is 6. The van der Waals surface area contributed by atoms with Crippen molar-refractivity contribution in [3.05, 3.63) is 35.9 Å². The predicted octanol–water partition coefficient (Wildman–Crippen LogP) is 3.35. The molecule has 0 saturated carbocycles. The minimum Gasteiger partial charge on any atom is -0.381 e. The van der Waals surface area contributed by atoms with Crippen LogP contribution in [-0.4, -0.2) is 27.3 Å². The molecule has 3 heterocycles. The molecule has 2 N–H and O–H groups in total. The zero-order valence-electron chi connectivity index (χ0n) is 13.3. The third kappa shape index (κ3) is 3.64. The van der Waals surface area contributed by atoms with Crippen molar-refractivity contribution in [1.82, 2.24) is 15.0 Å². The summed E-state index contributed by atoms with van der Waals surface area (Å²) in [5.74, 6) is 1.64. The molecule has 0 radical (unpaired) electrons. The lowest BCUT2D eigenvalue weighted by molar-refractivity contribution is 0.0969. The summed E-state index contributed by atoms with van der Waals surface area (Å²) < 4.78 is 0. The minimum absolute atomic E-state index is 0.00398. The molecule has 0 aromatic carbocycles. The first kappa shape index (κ1) is 15.4. The van der Waals surface area contributed by atoms with Crippen LogP contribution < -0.4 is 10.6 Å². The maximum Gasteiger partial charge on any atom is 0.200 e. The number of ketones is 1. The molecule has 1 aliphatic rings. The van der Waals surface area contributed by atoms with Gasteiger partial charge in [-0.25, -0.2) is 15.0 Å². The number of pyridine rings is 1. The molecule has 0 aliphatic carbocycles. The van der Waals surface area contributed by atoms with Crippen LogP contribution in [0.25, 0.3) is 0 Å². The van der Waals surface area contributed by atoms with Crippen LogP contribution >= 0.6 is 0 Å². The van der Waals surface area contributed by atoms with E-state index in [2.05, 4.69) is 32.5 Å². The second kappa shape index (κ2) is 7.17. The van der Waals surface area contributed by atoms with Gasteiger partial charge in [-0.05, 0) is 31.4 Å². The molecular formula is C17H21N5O. The third-order valence-electron chi connectivity index (χ3n) is 3.79. The number of fused-ring (bicyclic) bond motifs is 1. The highest BCUT2D eigenvalue weighted by molar-refractivity contribution is 5.93. The number of hydrogen-bond donors (Lipinski definition) is 2. The number of unbranched alkanes of at least 4 members (excludes halogenated alkanes) is 1. The van der Waals surface area contributed by atoms with E-state index in [0.29, 0.717) is 23.9 Å². The number of aryl methyl sites for hydroxylation is 1. The van der Waals surface area contributed by atoms with E-state index in [0.717, 1.165) is 43.6 Å². The van der Waals surface area contributed by atoms with Crippen molar-refractivity contribution < 1.29 is 4.79 Å². The van der Waals surface area contributed by atoms with E-state index in [9.17, 15) is 4.79 Å². The molecule has 0 bridgehead atoms. The van der Waals surface area contributed by atoms with Crippen LogP contribution in [0.15, 0.2) is 24.4 Å². The van der Waals surface area contributed by atoms with Gasteiger partial charge in [-0.1, -0.05) is 19.4 Å². The molecule has 3 rings (SSSR count). The van der Waals surface area contributed by atoms with Gasteiger partial charge < -0.3 is 10.6 Å². The molecule has 0 amide bonds. The van der Waals surface area contributed by atoms with Gasteiger partial charge in [-0.15, -0.1) is 0 Å². The first-order valence-electron chi connectivity index (χ1n) is 8.14. The predicted molar refractivity (Wildman–Crippen MR) is 90.2 cm³/mol. The Balaban J connectivity index is 1.94. The van der Waals surface area contributed by atoms with Gasteiger partial charge in [0.2, 0.25) is 0 Å². The number of aromatic nitrogens is 3. The molecule has 0 spiro atoms. The highest BCUT2D eigenvalue weighted by Crippen LogP contribution is 2.29. The summed E-state index contributed by atoms with van der Waals surface area (Å²) in [6.07, 6.45) is 5.92. The minimum atomic E-state index is 0.00398. The Morgan fingerprint density at radius 3 is 3.04 bits per heavy atom. The molecule has 23 heavy (non-hydrogen) atoms. The van der Waals surface area contributed by atoms with E-state index in [1.165, 1.54) is 0 Å². The van der Waals surface area contributed by atoms with Crippen LogP contribution in [0.3, 0.4) is 0 Å².